The van der Waals surface area contributed by atoms with Crippen molar-refractivity contribution in [3.8, 4) is 5.75 Å². The molecule has 1 aliphatic heterocycles. The second kappa shape index (κ2) is 9.92. The molecule has 0 spiro atoms. The number of carbonyl (C=O) groups is 1. The van der Waals surface area contributed by atoms with E-state index in [1.807, 2.05) is 30.3 Å². The van der Waals surface area contributed by atoms with E-state index in [1.54, 1.807) is 18.2 Å². The minimum atomic E-state index is -0.467. The van der Waals surface area contributed by atoms with Crippen LogP contribution in [0.15, 0.2) is 49.0 Å². The van der Waals surface area contributed by atoms with Crippen LogP contribution in [0.5, 0.6) is 5.75 Å². The Bertz CT molecular complexity index is 799. The Hall–Kier alpha value is -2.83. The highest BCUT2D eigenvalue weighted by Gasteiger charge is 2.13. The van der Waals surface area contributed by atoms with Crippen molar-refractivity contribution in [3.05, 3.63) is 60.2 Å². The van der Waals surface area contributed by atoms with Crippen LogP contribution in [0.4, 0.5) is 11.4 Å². The van der Waals surface area contributed by atoms with E-state index < -0.39 is 5.91 Å². The van der Waals surface area contributed by atoms with E-state index in [1.165, 1.54) is 0 Å². The van der Waals surface area contributed by atoms with Gasteiger partial charge in [-0.3, -0.25) is 4.79 Å². The van der Waals surface area contributed by atoms with Gasteiger partial charge in [0.25, 0.3) is 0 Å². The molecule has 0 unspecified atom stereocenters. The van der Waals surface area contributed by atoms with Crippen LogP contribution < -0.4 is 15.8 Å². The lowest BCUT2D eigenvalue weighted by molar-refractivity contribution is -0.0388. The zero-order valence-corrected chi connectivity index (χ0v) is 15.9. The number of rotatable bonds is 9. The molecule has 1 amide bonds. The molecule has 6 heteroatoms. The normalized spacial score (nSPS) is 14.4. The van der Waals surface area contributed by atoms with Crippen molar-refractivity contribution in [3.63, 3.8) is 0 Å². The zero-order chi connectivity index (χ0) is 19.8. The Balaban J connectivity index is 1.52. The summed E-state index contributed by atoms with van der Waals surface area (Å²) in [4.78, 5) is 11.4. The fraction of sp³-hybridized carbons (Fsp3) is 0.318. The Morgan fingerprint density at radius 1 is 1.18 bits per heavy atom. The van der Waals surface area contributed by atoms with Gasteiger partial charge in [-0.1, -0.05) is 18.7 Å². The van der Waals surface area contributed by atoms with E-state index in [4.69, 9.17) is 19.9 Å². The number of primary amides is 1. The summed E-state index contributed by atoms with van der Waals surface area (Å²) >= 11 is 0. The average Bonchev–Trinajstić information content (AvgIpc) is 2.73. The van der Waals surface area contributed by atoms with Crippen molar-refractivity contribution in [1.29, 1.82) is 0 Å². The van der Waals surface area contributed by atoms with Gasteiger partial charge in [0.1, 0.15) is 12.4 Å². The first-order chi connectivity index (χ1) is 13.7. The summed E-state index contributed by atoms with van der Waals surface area (Å²) in [5, 5.41) is 3.29. The summed E-state index contributed by atoms with van der Waals surface area (Å²) in [6.45, 7) is 6.42. The lowest BCUT2D eigenvalue weighted by Crippen LogP contribution is -2.25. The van der Waals surface area contributed by atoms with Crippen LogP contribution in [-0.4, -0.2) is 38.4 Å². The first-order valence-corrected chi connectivity index (χ1v) is 9.41. The molecule has 1 aliphatic rings. The number of amides is 1. The fourth-order valence-electron chi connectivity index (χ4n) is 3.00. The SMILES string of the molecule is C=Cc1ccc(C(N)=O)cc1Nc1ccc(OCCOC2CCOCC2)cc1. The third-order valence-corrected chi connectivity index (χ3v) is 4.56. The molecule has 148 valence electrons. The fourth-order valence-corrected chi connectivity index (χ4v) is 3.00. The molecule has 2 aromatic carbocycles. The number of ether oxygens (including phenoxy) is 3. The van der Waals surface area contributed by atoms with Crippen LogP contribution >= 0.6 is 0 Å². The maximum absolute atomic E-state index is 11.4. The van der Waals surface area contributed by atoms with Crippen LogP contribution in [0.3, 0.4) is 0 Å². The van der Waals surface area contributed by atoms with Gasteiger partial charge < -0.3 is 25.3 Å². The van der Waals surface area contributed by atoms with Crippen molar-refractivity contribution in [2.75, 3.05) is 31.7 Å². The topological polar surface area (TPSA) is 82.8 Å². The third-order valence-electron chi connectivity index (χ3n) is 4.56. The van der Waals surface area contributed by atoms with E-state index in [9.17, 15) is 4.79 Å². The first kappa shape index (κ1) is 19.9. The molecular formula is C22H26N2O4. The third kappa shape index (κ3) is 5.58. The second-order valence-electron chi connectivity index (χ2n) is 6.55. The average molecular weight is 382 g/mol. The Morgan fingerprint density at radius 3 is 2.61 bits per heavy atom. The van der Waals surface area contributed by atoms with Crippen LogP contribution in [0.2, 0.25) is 0 Å². The largest absolute Gasteiger partial charge is 0.491 e. The van der Waals surface area contributed by atoms with E-state index in [2.05, 4.69) is 11.9 Å². The van der Waals surface area contributed by atoms with E-state index >= 15 is 0 Å². The number of nitrogens with one attached hydrogen (secondary N) is 1. The van der Waals surface area contributed by atoms with Crippen LogP contribution in [0.25, 0.3) is 6.08 Å². The Kier molecular flexibility index (Phi) is 7.06. The van der Waals surface area contributed by atoms with Gasteiger partial charge >= 0.3 is 0 Å². The van der Waals surface area contributed by atoms with Gasteiger partial charge in [0, 0.05) is 30.2 Å². The van der Waals surface area contributed by atoms with Crippen molar-refractivity contribution >= 4 is 23.4 Å². The lowest BCUT2D eigenvalue weighted by atomic mass is 10.1. The maximum Gasteiger partial charge on any atom is 0.248 e. The van der Waals surface area contributed by atoms with Gasteiger partial charge in [-0.15, -0.1) is 0 Å². The molecule has 3 N–H and O–H groups in total. The lowest BCUT2D eigenvalue weighted by Gasteiger charge is -2.22. The van der Waals surface area contributed by atoms with Crippen molar-refractivity contribution < 1.29 is 19.0 Å². The molecule has 0 atom stereocenters. The standard InChI is InChI=1S/C22H26N2O4/c1-2-16-3-4-17(22(23)25)15-21(16)24-18-5-7-19(8-6-18)27-13-14-28-20-9-11-26-12-10-20/h2-8,15,20,24H,1,9-14H2,(H2,23,25). The van der Waals surface area contributed by atoms with E-state index in [-0.39, 0.29) is 6.10 Å². The van der Waals surface area contributed by atoms with Gasteiger partial charge in [0.05, 0.1) is 12.7 Å². The minimum absolute atomic E-state index is 0.277. The number of hydrogen-bond donors (Lipinski definition) is 2. The summed E-state index contributed by atoms with van der Waals surface area (Å²) in [5.74, 6) is 0.307. The molecule has 2 aromatic rings. The molecule has 0 saturated carbocycles. The molecule has 0 aromatic heterocycles. The number of hydrogen-bond acceptors (Lipinski definition) is 5. The number of carbonyl (C=O) groups excluding carboxylic acids is 1. The van der Waals surface area contributed by atoms with Gasteiger partial charge in [-0.2, -0.15) is 0 Å². The molecule has 1 fully saturated rings. The highest BCUT2D eigenvalue weighted by Crippen LogP contribution is 2.25. The maximum atomic E-state index is 11.4. The molecule has 1 heterocycles. The molecular weight excluding hydrogens is 356 g/mol. The van der Waals surface area contributed by atoms with Gasteiger partial charge in [-0.25, -0.2) is 0 Å². The smallest absolute Gasteiger partial charge is 0.248 e. The molecule has 6 nitrogen and oxygen atoms in total. The molecule has 28 heavy (non-hydrogen) atoms. The molecule has 0 bridgehead atoms. The predicted octanol–water partition coefficient (Wildman–Crippen LogP) is 3.75. The van der Waals surface area contributed by atoms with Gasteiger partial charge in [0.2, 0.25) is 5.91 Å². The van der Waals surface area contributed by atoms with Crippen molar-refractivity contribution in [2.45, 2.75) is 18.9 Å². The number of anilines is 2. The monoisotopic (exact) mass is 382 g/mol. The van der Waals surface area contributed by atoms with Gasteiger partial charge in [0.15, 0.2) is 0 Å². The second-order valence-corrected chi connectivity index (χ2v) is 6.55. The highest BCUT2D eigenvalue weighted by atomic mass is 16.5. The van der Waals surface area contributed by atoms with Gasteiger partial charge in [-0.05, 0) is 54.8 Å². The number of nitrogens with two attached hydrogens (primary N) is 1. The quantitative estimate of drug-likeness (QED) is 0.646. The van der Waals surface area contributed by atoms with E-state index in [0.717, 1.165) is 48.7 Å². The molecule has 3 rings (SSSR count). The predicted molar refractivity (Wildman–Crippen MR) is 110 cm³/mol. The Labute approximate surface area is 165 Å². The summed E-state index contributed by atoms with van der Waals surface area (Å²) in [5.41, 5.74) is 8.33. The highest BCUT2D eigenvalue weighted by molar-refractivity contribution is 5.94. The van der Waals surface area contributed by atoms with Crippen LogP contribution in [0.1, 0.15) is 28.8 Å². The van der Waals surface area contributed by atoms with E-state index in [0.29, 0.717) is 18.8 Å². The summed E-state index contributed by atoms with van der Waals surface area (Å²) < 4.78 is 16.9. The zero-order valence-electron chi connectivity index (χ0n) is 15.9. The van der Waals surface area contributed by atoms with Crippen molar-refractivity contribution in [1.82, 2.24) is 0 Å². The molecule has 1 saturated heterocycles. The van der Waals surface area contributed by atoms with Crippen LogP contribution in [-0.2, 0) is 9.47 Å². The van der Waals surface area contributed by atoms with Crippen LogP contribution in [0, 0.1) is 0 Å². The molecule has 0 radical (unpaired) electrons. The summed E-state index contributed by atoms with van der Waals surface area (Å²) in [6, 6.07) is 12.8. The molecule has 0 aliphatic carbocycles. The number of benzene rings is 2. The minimum Gasteiger partial charge on any atom is -0.491 e. The van der Waals surface area contributed by atoms with Crippen molar-refractivity contribution in [2.24, 2.45) is 5.73 Å². The Morgan fingerprint density at radius 2 is 1.93 bits per heavy atom. The summed E-state index contributed by atoms with van der Waals surface area (Å²) in [6.07, 6.45) is 3.90. The summed E-state index contributed by atoms with van der Waals surface area (Å²) in [7, 11) is 0. The first-order valence-electron chi connectivity index (χ1n) is 9.41.